The maximum atomic E-state index is 13.4. The summed E-state index contributed by atoms with van der Waals surface area (Å²) < 4.78 is 36.1. The average molecular weight is 402 g/mol. The Labute approximate surface area is 163 Å². The quantitative estimate of drug-likeness (QED) is 0.770. The van der Waals surface area contributed by atoms with Gasteiger partial charge < -0.3 is 9.64 Å². The van der Waals surface area contributed by atoms with Crippen LogP contribution in [0.2, 0.25) is 0 Å². The predicted octanol–water partition coefficient (Wildman–Crippen LogP) is 1.19. The van der Waals surface area contributed by atoms with E-state index in [9.17, 15) is 13.2 Å². The summed E-state index contributed by atoms with van der Waals surface area (Å²) in [5.41, 5.74) is 0.720. The summed E-state index contributed by atoms with van der Waals surface area (Å²) in [6, 6.07) is 9.25. The van der Waals surface area contributed by atoms with E-state index in [4.69, 9.17) is 4.74 Å². The van der Waals surface area contributed by atoms with Gasteiger partial charge in [-0.2, -0.15) is 9.40 Å². The van der Waals surface area contributed by atoms with Crippen molar-refractivity contribution in [1.82, 2.24) is 19.0 Å². The second kappa shape index (κ2) is 5.88. The molecule has 0 radical (unpaired) electrons. The largest absolute Gasteiger partial charge is 0.344 e. The first-order chi connectivity index (χ1) is 13.3. The summed E-state index contributed by atoms with van der Waals surface area (Å²) in [4.78, 5) is 14.5. The molecule has 3 atom stereocenters. The summed E-state index contributed by atoms with van der Waals surface area (Å²) in [7, 11) is -2.17. The first-order valence-electron chi connectivity index (χ1n) is 9.38. The van der Waals surface area contributed by atoms with E-state index in [1.807, 2.05) is 30.3 Å². The average Bonchev–Trinajstić information content (AvgIpc) is 3.37. The molecule has 3 aliphatic heterocycles. The number of sulfonamides is 1. The van der Waals surface area contributed by atoms with E-state index in [2.05, 4.69) is 5.10 Å². The topological polar surface area (TPSA) is 84.7 Å². The van der Waals surface area contributed by atoms with Crippen molar-refractivity contribution in [2.24, 2.45) is 7.05 Å². The van der Waals surface area contributed by atoms with Gasteiger partial charge in [-0.05, 0) is 12.5 Å². The number of hydrogen-bond donors (Lipinski definition) is 0. The summed E-state index contributed by atoms with van der Waals surface area (Å²) >= 11 is 0. The van der Waals surface area contributed by atoms with Gasteiger partial charge in [0, 0.05) is 32.0 Å². The lowest BCUT2D eigenvalue weighted by Crippen LogP contribution is -2.49. The summed E-state index contributed by atoms with van der Waals surface area (Å²) in [5, 5.41) is 4.25. The van der Waals surface area contributed by atoms with E-state index >= 15 is 0 Å². The number of nitrogens with zero attached hydrogens (tertiary/aromatic N) is 4. The molecule has 8 nitrogen and oxygen atoms in total. The van der Waals surface area contributed by atoms with Crippen LogP contribution in [0.4, 0.5) is 0 Å². The number of aromatic nitrogens is 2. The number of aryl methyl sites for hydroxylation is 2. The second-order valence-corrected chi connectivity index (χ2v) is 9.51. The minimum atomic E-state index is -3.79. The van der Waals surface area contributed by atoms with E-state index in [-0.39, 0.29) is 23.5 Å². The maximum Gasteiger partial charge on any atom is 0.260 e. The number of carbonyl (C=O) groups excluding carboxylic acids is 1. The van der Waals surface area contributed by atoms with Gasteiger partial charge >= 0.3 is 0 Å². The van der Waals surface area contributed by atoms with Crippen LogP contribution in [-0.2, 0) is 26.6 Å². The van der Waals surface area contributed by atoms with Crippen LogP contribution < -0.4 is 0 Å². The number of benzene rings is 1. The van der Waals surface area contributed by atoms with Crippen LogP contribution in [0.15, 0.2) is 41.6 Å². The SMILES string of the molecule is Cc1cnn(C)c1S(=O)(=O)N1CC[C@@]23O[C@@H](c4ccccc4)CN2C(=O)C[C@@H]13. The molecule has 28 heavy (non-hydrogen) atoms. The van der Waals surface area contributed by atoms with Gasteiger partial charge in [0.2, 0.25) is 5.91 Å². The van der Waals surface area contributed by atoms with Crippen molar-refractivity contribution in [3.05, 3.63) is 47.7 Å². The molecule has 5 rings (SSSR count). The van der Waals surface area contributed by atoms with Crippen LogP contribution in [0.3, 0.4) is 0 Å². The summed E-state index contributed by atoms with van der Waals surface area (Å²) in [6.07, 6.45) is 1.93. The van der Waals surface area contributed by atoms with Gasteiger partial charge in [0.1, 0.15) is 6.10 Å². The van der Waals surface area contributed by atoms with Gasteiger partial charge in [-0.3, -0.25) is 9.48 Å². The number of carbonyl (C=O) groups is 1. The molecule has 1 spiro atoms. The third-order valence-electron chi connectivity index (χ3n) is 6.16. The highest BCUT2D eigenvalue weighted by atomic mass is 32.2. The number of rotatable bonds is 3. The lowest BCUT2D eigenvalue weighted by Gasteiger charge is -2.31. The minimum absolute atomic E-state index is 0.0509. The Kier molecular flexibility index (Phi) is 3.75. The first-order valence-corrected chi connectivity index (χ1v) is 10.8. The maximum absolute atomic E-state index is 13.4. The number of amides is 1. The highest BCUT2D eigenvalue weighted by Gasteiger charge is 2.66. The Morgan fingerprint density at radius 1 is 1.25 bits per heavy atom. The predicted molar refractivity (Wildman–Crippen MR) is 99.6 cm³/mol. The van der Waals surface area contributed by atoms with Crippen molar-refractivity contribution in [2.75, 3.05) is 13.1 Å². The third-order valence-corrected chi connectivity index (χ3v) is 8.29. The Hall–Kier alpha value is -2.23. The highest BCUT2D eigenvalue weighted by Crippen LogP contribution is 2.51. The second-order valence-electron chi connectivity index (χ2n) is 7.71. The molecule has 0 bridgehead atoms. The fraction of sp³-hybridized carbons (Fsp3) is 0.474. The molecule has 148 valence electrons. The molecular weight excluding hydrogens is 380 g/mol. The third kappa shape index (κ3) is 2.26. The molecule has 3 saturated heterocycles. The van der Waals surface area contributed by atoms with E-state index in [0.717, 1.165) is 5.56 Å². The van der Waals surface area contributed by atoms with Crippen LogP contribution in [0.5, 0.6) is 0 Å². The normalized spacial score (nSPS) is 30.1. The van der Waals surface area contributed by atoms with Gasteiger partial charge in [0.05, 0.1) is 18.8 Å². The first kappa shape index (κ1) is 17.8. The van der Waals surface area contributed by atoms with Gasteiger partial charge in [0.25, 0.3) is 10.0 Å². The van der Waals surface area contributed by atoms with Crippen LogP contribution >= 0.6 is 0 Å². The molecule has 3 fully saturated rings. The molecule has 1 aromatic carbocycles. The highest BCUT2D eigenvalue weighted by molar-refractivity contribution is 7.89. The zero-order chi connectivity index (χ0) is 19.7. The number of ether oxygens (including phenoxy) is 1. The molecule has 3 aliphatic rings. The van der Waals surface area contributed by atoms with Gasteiger partial charge in [-0.15, -0.1) is 0 Å². The lowest BCUT2D eigenvalue weighted by atomic mass is 10.1. The van der Waals surface area contributed by atoms with Crippen molar-refractivity contribution < 1.29 is 17.9 Å². The molecule has 9 heteroatoms. The molecule has 0 N–H and O–H groups in total. The van der Waals surface area contributed by atoms with Gasteiger partial charge in [0.15, 0.2) is 10.8 Å². The minimum Gasteiger partial charge on any atom is -0.344 e. The molecular formula is C19H22N4O4S. The molecule has 0 saturated carbocycles. The van der Waals surface area contributed by atoms with E-state index in [0.29, 0.717) is 25.1 Å². The fourth-order valence-corrected chi connectivity index (χ4v) is 6.90. The van der Waals surface area contributed by atoms with Crippen molar-refractivity contribution in [1.29, 1.82) is 0 Å². The van der Waals surface area contributed by atoms with Crippen LogP contribution in [0.25, 0.3) is 0 Å². The lowest BCUT2D eigenvalue weighted by molar-refractivity contribution is -0.138. The fourth-order valence-electron chi connectivity index (χ4n) is 4.93. The molecule has 2 aromatic rings. The van der Waals surface area contributed by atoms with Gasteiger partial charge in [-0.1, -0.05) is 30.3 Å². The Balaban J connectivity index is 1.52. The molecule has 4 heterocycles. The summed E-state index contributed by atoms with van der Waals surface area (Å²) in [6.45, 7) is 2.51. The van der Waals surface area contributed by atoms with E-state index in [1.165, 1.54) is 8.99 Å². The van der Waals surface area contributed by atoms with Crippen LogP contribution in [-0.4, -0.2) is 58.2 Å². The van der Waals surface area contributed by atoms with Crippen LogP contribution in [0.1, 0.15) is 30.1 Å². The van der Waals surface area contributed by atoms with Crippen molar-refractivity contribution in [3.8, 4) is 0 Å². The zero-order valence-corrected chi connectivity index (χ0v) is 16.6. The van der Waals surface area contributed by atoms with Crippen molar-refractivity contribution in [3.63, 3.8) is 0 Å². The number of hydrogen-bond acceptors (Lipinski definition) is 5. The smallest absolute Gasteiger partial charge is 0.260 e. The van der Waals surface area contributed by atoms with Crippen LogP contribution in [0, 0.1) is 6.92 Å². The van der Waals surface area contributed by atoms with Crippen molar-refractivity contribution >= 4 is 15.9 Å². The van der Waals surface area contributed by atoms with E-state index < -0.39 is 21.8 Å². The van der Waals surface area contributed by atoms with E-state index in [1.54, 1.807) is 25.1 Å². The standard InChI is InChI=1S/C19H22N4O4S/c1-13-11-20-21(2)18(13)28(25,26)23-9-8-19-16(23)10-17(24)22(19)12-15(27-19)14-6-4-3-5-7-14/h3-7,11,15-16H,8-10,12H2,1-2H3/t15-,16-,19+/m1/s1. The Morgan fingerprint density at radius 2 is 2.00 bits per heavy atom. The molecule has 0 aliphatic carbocycles. The Morgan fingerprint density at radius 3 is 2.68 bits per heavy atom. The monoisotopic (exact) mass is 402 g/mol. The Bertz CT molecular complexity index is 1030. The molecule has 0 unspecified atom stereocenters. The molecule has 1 amide bonds. The van der Waals surface area contributed by atoms with Gasteiger partial charge in [-0.25, -0.2) is 8.42 Å². The zero-order valence-electron chi connectivity index (χ0n) is 15.8. The molecule has 1 aromatic heterocycles. The summed E-state index contributed by atoms with van der Waals surface area (Å²) in [5.74, 6) is -0.0509. The van der Waals surface area contributed by atoms with Crippen molar-refractivity contribution in [2.45, 2.75) is 42.7 Å².